The number of hydrogen-bond donors (Lipinski definition) is 2. The van der Waals surface area contributed by atoms with Crippen LogP contribution < -0.4 is 11.1 Å². The monoisotopic (exact) mass is 223 g/mol. The van der Waals surface area contributed by atoms with Gasteiger partial charge in [0, 0.05) is 6.04 Å². The zero-order chi connectivity index (χ0) is 11.4. The van der Waals surface area contributed by atoms with Gasteiger partial charge in [-0.2, -0.15) is 4.80 Å². The predicted octanol–water partition coefficient (Wildman–Crippen LogP) is -0.443. The lowest BCUT2D eigenvalue weighted by Gasteiger charge is -2.11. The van der Waals surface area contributed by atoms with Gasteiger partial charge in [-0.05, 0) is 18.1 Å². The summed E-state index contributed by atoms with van der Waals surface area (Å²) in [5.41, 5.74) is 5.76. The number of tetrazole rings is 1. The topological polar surface area (TPSA) is 94.0 Å². The first kappa shape index (κ1) is 10.8. The second kappa shape index (κ2) is 4.91. The van der Waals surface area contributed by atoms with Crippen LogP contribution >= 0.6 is 0 Å². The van der Waals surface area contributed by atoms with E-state index in [4.69, 9.17) is 5.73 Å². The fourth-order valence-electron chi connectivity index (χ4n) is 1.87. The SMILES string of the molecule is Cn1nnc(CN=C(N)NC2CCCC2)n1. The van der Waals surface area contributed by atoms with Gasteiger partial charge in [0.1, 0.15) is 6.54 Å². The second-order valence-electron chi connectivity index (χ2n) is 4.02. The van der Waals surface area contributed by atoms with Gasteiger partial charge in [0.2, 0.25) is 0 Å². The molecule has 16 heavy (non-hydrogen) atoms. The summed E-state index contributed by atoms with van der Waals surface area (Å²) in [7, 11) is 1.72. The van der Waals surface area contributed by atoms with Gasteiger partial charge >= 0.3 is 0 Å². The molecule has 1 aromatic rings. The van der Waals surface area contributed by atoms with Crippen LogP contribution in [0.25, 0.3) is 0 Å². The van der Waals surface area contributed by atoms with Gasteiger partial charge in [0.05, 0.1) is 7.05 Å². The summed E-state index contributed by atoms with van der Waals surface area (Å²) in [6.07, 6.45) is 4.91. The average Bonchev–Trinajstić information content (AvgIpc) is 2.87. The molecular formula is C9H17N7. The molecule has 0 unspecified atom stereocenters. The summed E-state index contributed by atoms with van der Waals surface area (Å²) in [4.78, 5) is 5.58. The molecule has 1 aliphatic rings. The van der Waals surface area contributed by atoms with E-state index < -0.39 is 0 Å². The van der Waals surface area contributed by atoms with Crippen molar-refractivity contribution in [3.8, 4) is 0 Å². The quantitative estimate of drug-likeness (QED) is 0.535. The van der Waals surface area contributed by atoms with Crippen molar-refractivity contribution in [1.82, 2.24) is 25.5 Å². The summed E-state index contributed by atoms with van der Waals surface area (Å²) >= 11 is 0. The first-order valence-corrected chi connectivity index (χ1v) is 5.53. The molecule has 0 aliphatic heterocycles. The molecule has 2 rings (SSSR count). The third-order valence-corrected chi connectivity index (χ3v) is 2.65. The molecule has 0 aromatic carbocycles. The van der Waals surface area contributed by atoms with E-state index in [0.29, 0.717) is 24.4 Å². The number of hydrogen-bond acceptors (Lipinski definition) is 4. The maximum Gasteiger partial charge on any atom is 0.196 e. The summed E-state index contributed by atoms with van der Waals surface area (Å²) in [5, 5.41) is 14.8. The molecule has 1 heterocycles. The van der Waals surface area contributed by atoms with E-state index in [1.165, 1.54) is 30.5 Å². The summed E-state index contributed by atoms with van der Waals surface area (Å²) in [6, 6.07) is 0.485. The van der Waals surface area contributed by atoms with Crippen molar-refractivity contribution in [3.05, 3.63) is 5.82 Å². The Hall–Kier alpha value is -1.66. The normalized spacial score (nSPS) is 17.9. The van der Waals surface area contributed by atoms with Crippen LogP contribution in [0.15, 0.2) is 4.99 Å². The van der Waals surface area contributed by atoms with Crippen LogP contribution in [0.3, 0.4) is 0 Å². The van der Waals surface area contributed by atoms with Gasteiger partial charge in [0.25, 0.3) is 0 Å². The fraction of sp³-hybridized carbons (Fsp3) is 0.778. The largest absolute Gasteiger partial charge is 0.370 e. The van der Waals surface area contributed by atoms with Crippen molar-refractivity contribution in [3.63, 3.8) is 0 Å². The first-order chi connectivity index (χ1) is 7.74. The Labute approximate surface area is 94.1 Å². The Kier molecular flexibility index (Phi) is 3.33. The van der Waals surface area contributed by atoms with Crippen LogP contribution in [-0.4, -0.2) is 32.2 Å². The van der Waals surface area contributed by atoms with E-state index >= 15 is 0 Å². The minimum Gasteiger partial charge on any atom is -0.370 e. The van der Waals surface area contributed by atoms with E-state index in [2.05, 4.69) is 25.7 Å². The highest BCUT2D eigenvalue weighted by Gasteiger charge is 2.14. The standard InChI is InChI=1S/C9H17N7/c1-16-14-8(13-15-16)6-11-9(10)12-7-4-2-3-5-7/h7H,2-6H2,1H3,(H3,10,11,12). The second-order valence-corrected chi connectivity index (χ2v) is 4.02. The fourth-order valence-corrected chi connectivity index (χ4v) is 1.87. The maximum absolute atomic E-state index is 5.76. The highest BCUT2D eigenvalue weighted by molar-refractivity contribution is 5.78. The maximum atomic E-state index is 5.76. The summed E-state index contributed by atoms with van der Waals surface area (Å²) < 4.78 is 0. The van der Waals surface area contributed by atoms with Crippen molar-refractivity contribution in [2.24, 2.45) is 17.8 Å². The van der Waals surface area contributed by atoms with Crippen molar-refractivity contribution in [1.29, 1.82) is 0 Å². The zero-order valence-electron chi connectivity index (χ0n) is 9.43. The van der Waals surface area contributed by atoms with Gasteiger partial charge in [-0.15, -0.1) is 10.2 Å². The summed E-state index contributed by atoms with van der Waals surface area (Å²) in [5.74, 6) is 1.05. The molecule has 0 saturated heterocycles. The van der Waals surface area contributed by atoms with Crippen molar-refractivity contribution < 1.29 is 0 Å². The van der Waals surface area contributed by atoms with Gasteiger partial charge in [0.15, 0.2) is 11.8 Å². The molecule has 0 bridgehead atoms. The van der Waals surface area contributed by atoms with Crippen LogP contribution in [0.5, 0.6) is 0 Å². The van der Waals surface area contributed by atoms with Gasteiger partial charge in [-0.3, -0.25) is 0 Å². The minimum atomic E-state index is 0.374. The van der Waals surface area contributed by atoms with Crippen LogP contribution in [0.2, 0.25) is 0 Å². The Morgan fingerprint density at radius 2 is 2.31 bits per heavy atom. The molecule has 3 N–H and O–H groups in total. The number of guanidine groups is 1. The first-order valence-electron chi connectivity index (χ1n) is 5.53. The summed E-state index contributed by atoms with van der Waals surface area (Å²) in [6.45, 7) is 0.374. The van der Waals surface area contributed by atoms with Crippen LogP contribution in [-0.2, 0) is 13.6 Å². The molecule has 0 amide bonds. The molecule has 88 valence electrons. The third kappa shape index (κ3) is 2.91. The molecular weight excluding hydrogens is 206 g/mol. The van der Waals surface area contributed by atoms with Crippen LogP contribution in [0.1, 0.15) is 31.5 Å². The minimum absolute atomic E-state index is 0.374. The molecule has 1 aromatic heterocycles. The number of aliphatic imine (C=N–C) groups is 1. The van der Waals surface area contributed by atoms with Crippen molar-refractivity contribution >= 4 is 5.96 Å². The molecule has 0 atom stereocenters. The van der Waals surface area contributed by atoms with E-state index in [0.717, 1.165) is 0 Å². The number of aryl methyl sites for hydroxylation is 1. The number of nitrogens with zero attached hydrogens (tertiary/aromatic N) is 5. The lowest BCUT2D eigenvalue weighted by molar-refractivity contribution is 0.622. The number of aromatic nitrogens is 4. The molecule has 1 fully saturated rings. The highest BCUT2D eigenvalue weighted by Crippen LogP contribution is 2.17. The predicted molar refractivity (Wildman–Crippen MR) is 59.5 cm³/mol. The lowest BCUT2D eigenvalue weighted by Crippen LogP contribution is -2.38. The Morgan fingerprint density at radius 1 is 1.56 bits per heavy atom. The van der Waals surface area contributed by atoms with Gasteiger partial charge in [-0.25, -0.2) is 4.99 Å². The number of nitrogens with one attached hydrogen (secondary N) is 1. The van der Waals surface area contributed by atoms with E-state index in [9.17, 15) is 0 Å². The van der Waals surface area contributed by atoms with Gasteiger partial charge < -0.3 is 11.1 Å². The third-order valence-electron chi connectivity index (χ3n) is 2.65. The lowest BCUT2D eigenvalue weighted by atomic mass is 10.2. The van der Waals surface area contributed by atoms with E-state index in [1.807, 2.05) is 0 Å². The van der Waals surface area contributed by atoms with Crippen LogP contribution in [0.4, 0.5) is 0 Å². The van der Waals surface area contributed by atoms with E-state index in [-0.39, 0.29) is 0 Å². The molecule has 7 nitrogen and oxygen atoms in total. The molecule has 0 radical (unpaired) electrons. The highest BCUT2D eigenvalue weighted by atomic mass is 15.6. The Balaban J connectivity index is 1.81. The molecule has 1 saturated carbocycles. The van der Waals surface area contributed by atoms with Crippen molar-refractivity contribution in [2.75, 3.05) is 0 Å². The van der Waals surface area contributed by atoms with Gasteiger partial charge in [-0.1, -0.05) is 12.8 Å². The van der Waals surface area contributed by atoms with E-state index in [1.54, 1.807) is 7.05 Å². The van der Waals surface area contributed by atoms with Crippen LogP contribution in [0, 0.1) is 0 Å². The molecule has 7 heteroatoms. The smallest absolute Gasteiger partial charge is 0.196 e. The average molecular weight is 223 g/mol. The Bertz CT molecular complexity index is 364. The number of rotatable bonds is 3. The number of nitrogens with two attached hydrogens (primary N) is 1. The zero-order valence-corrected chi connectivity index (χ0v) is 9.43. The molecule has 1 aliphatic carbocycles. The molecule has 0 spiro atoms. The van der Waals surface area contributed by atoms with Crippen molar-refractivity contribution in [2.45, 2.75) is 38.3 Å². The Morgan fingerprint density at radius 3 is 2.94 bits per heavy atom.